The van der Waals surface area contributed by atoms with Crippen LogP contribution >= 0.6 is 11.6 Å². The Hall–Kier alpha value is -3.34. The molecule has 4 heterocycles. The number of hydrogen-bond acceptors (Lipinski definition) is 8. The monoisotopic (exact) mass is 578 g/mol. The zero-order chi connectivity index (χ0) is 28.8. The maximum Gasteiger partial charge on any atom is 0.180 e. The number of nitrogens with one attached hydrogen (secondary N) is 3. The molecule has 0 unspecified atom stereocenters. The topological polar surface area (TPSA) is 114 Å². The van der Waals surface area contributed by atoms with Crippen molar-refractivity contribution in [1.29, 1.82) is 0 Å². The van der Waals surface area contributed by atoms with Crippen LogP contribution in [0.3, 0.4) is 0 Å². The largest absolute Gasteiger partial charge is 0.404 e. The van der Waals surface area contributed by atoms with Gasteiger partial charge in [-0.2, -0.15) is 0 Å². The first-order valence-electron chi connectivity index (χ1n) is 14.7. The van der Waals surface area contributed by atoms with E-state index >= 15 is 0 Å². The third-order valence-electron chi connectivity index (χ3n) is 8.19. The molecule has 0 amide bonds. The summed E-state index contributed by atoms with van der Waals surface area (Å²) in [6.45, 7) is 12.6. The van der Waals surface area contributed by atoms with Crippen LogP contribution in [0, 0.1) is 0 Å². The van der Waals surface area contributed by atoms with Crippen LogP contribution in [-0.2, 0) is 0 Å². The number of likely N-dealkylation sites (tertiary alicyclic amines) is 1. The van der Waals surface area contributed by atoms with Gasteiger partial charge in [-0.05, 0) is 63.2 Å². The maximum atomic E-state index is 6.63. The van der Waals surface area contributed by atoms with Crippen LogP contribution in [0.15, 0.2) is 47.7 Å². The van der Waals surface area contributed by atoms with Crippen LogP contribution < -0.4 is 21.3 Å². The quantitative estimate of drug-likeness (QED) is 0.224. The number of nitrogens with zero attached hydrogens (tertiary/aromatic N) is 6. The number of amidine groups is 1. The first-order chi connectivity index (χ1) is 19.9. The molecule has 0 radical (unpaired) electrons. The van der Waals surface area contributed by atoms with Crippen molar-refractivity contribution >= 4 is 40.0 Å². The summed E-state index contributed by atoms with van der Waals surface area (Å²) in [5, 5.41) is 7.65. The van der Waals surface area contributed by atoms with Crippen LogP contribution in [-0.4, -0.2) is 102 Å². The lowest BCUT2D eigenvalue weighted by Gasteiger charge is -2.36. The van der Waals surface area contributed by atoms with Gasteiger partial charge in [0.25, 0.3) is 0 Å². The summed E-state index contributed by atoms with van der Waals surface area (Å²) in [4.78, 5) is 24.4. The number of pyridine rings is 1. The van der Waals surface area contributed by atoms with Crippen molar-refractivity contribution in [2.45, 2.75) is 38.8 Å². The minimum atomic E-state index is 0.381. The van der Waals surface area contributed by atoms with Crippen molar-refractivity contribution < 1.29 is 0 Å². The average molecular weight is 579 g/mol. The molecule has 0 bridgehead atoms. The highest BCUT2D eigenvalue weighted by Gasteiger charge is 2.23. The van der Waals surface area contributed by atoms with Gasteiger partial charge in [0.15, 0.2) is 5.65 Å². The van der Waals surface area contributed by atoms with E-state index < -0.39 is 0 Å². The van der Waals surface area contributed by atoms with Gasteiger partial charge in [0.05, 0.1) is 16.9 Å². The molecule has 0 aliphatic carbocycles. The Morgan fingerprint density at radius 3 is 2.54 bits per heavy atom. The van der Waals surface area contributed by atoms with Crippen LogP contribution in [0.25, 0.3) is 22.6 Å². The second-order valence-electron chi connectivity index (χ2n) is 11.1. The van der Waals surface area contributed by atoms with E-state index in [1.54, 1.807) is 19.3 Å². The number of anilines is 2. The number of benzene rings is 1. The Morgan fingerprint density at radius 2 is 1.88 bits per heavy atom. The van der Waals surface area contributed by atoms with E-state index in [1.807, 2.05) is 0 Å². The fourth-order valence-corrected chi connectivity index (χ4v) is 5.88. The van der Waals surface area contributed by atoms with Gasteiger partial charge < -0.3 is 31.2 Å². The van der Waals surface area contributed by atoms with E-state index in [9.17, 15) is 0 Å². The zero-order valence-corrected chi connectivity index (χ0v) is 25.2. The first-order valence-corrected chi connectivity index (χ1v) is 15.0. The SMILES string of the molecule is CN=C(C=CN)NCCN1CCN(c2ccc(-c3nc4ncc(Cl)c(NC5CCN(C(C)C)CC5)c4[nH]3)cc2)CC1. The molecule has 2 saturated heterocycles. The third kappa shape index (κ3) is 7.12. The van der Waals surface area contributed by atoms with Crippen LogP contribution in [0.2, 0.25) is 5.02 Å². The first kappa shape index (κ1) is 29.2. The Labute approximate surface area is 248 Å². The van der Waals surface area contributed by atoms with E-state index in [0.29, 0.717) is 22.8 Å². The van der Waals surface area contributed by atoms with Crippen molar-refractivity contribution in [1.82, 2.24) is 30.1 Å². The lowest BCUT2D eigenvalue weighted by Crippen LogP contribution is -2.48. The van der Waals surface area contributed by atoms with Crippen molar-refractivity contribution in [3.63, 3.8) is 0 Å². The van der Waals surface area contributed by atoms with Crippen LogP contribution in [0.4, 0.5) is 11.4 Å². The van der Waals surface area contributed by atoms with E-state index in [0.717, 1.165) is 93.6 Å². The van der Waals surface area contributed by atoms with E-state index in [1.165, 1.54) is 11.9 Å². The fraction of sp³-hybridized carbons (Fsp3) is 0.500. The third-order valence-corrected chi connectivity index (χ3v) is 8.48. The van der Waals surface area contributed by atoms with Crippen LogP contribution in [0.5, 0.6) is 0 Å². The van der Waals surface area contributed by atoms with Gasteiger partial charge in [0.1, 0.15) is 17.2 Å². The van der Waals surface area contributed by atoms with Gasteiger partial charge in [-0.25, -0.2) is 9.97 Å². The average Bonchev–Trinajstić information content (AvgIpc) is 3.44. The van der Waals surface area contributed by atoms with Gasteiger partial charge in [-0.15, -0.1) is 0 Å². The Kier molecular flexibility index (Phi) is 9.64. The summed E-state index contributed by atoms with van der Waals surface area (Å²) in [5.41, 5.74) is 10.2. The molecule has 2 aromatic heterocycles. The van der Waals surface area contributed by atoms with Gasteiger partial charge >= 0.3 is 0 Å². The molecule has 0 saturated carbocycles. The number of imidazole rings is 1. The fourth-order valence-electron chi connectivity index (χ4n) is 5.68. The van der Waals surface area contributed by atoms with Gasteiger partial charge in [-0.3, -0.25) is 9.89 Å². The highest BCUT2D eigenvalue weighted by Crippen LogP contribution is 2.32. The van der Waals surface area contributed by atoms with E-state index in [-0.39, 0.29) is 0 Å². The second-order valence-corrected chi connectivity index (χ2v) is 11.5. The van der Waals surface area contributed by atoms with Gasteiger partial charge in [0, 0.05) is 82.7 Å². The Bertz CT molecular complexity index is 1330. The van der Waals surface area contributed by atoms with E-state index in [2.05, 4.69) is 78.4 Å². The highest BCUT2D eigenvalue weighted by atomic mass is 35.5. The summed E-state index contributed by atoms with van der Waals surface area (Å²) in [5.74, 6) is 1.61. The molecule has 0 spiro atoms. The minimum Gasteiger partial charge on any atom is -0.404 e. The molecular weight excluding hydrogens is 536 g/mol. The van der Waals surface area contributed by atoms with Gasteiger partial charge in [0.2, 0.25) is 0 Å². The van der Waals surface area contributed by atoms with Crippen molar-refractivity contribution in [2.24, 2.45) is 10.7 Å². The molecule has 0 atom stereocenters. The molecule has 41 heavy (non-hydrogen) atoms. The molecule has 2 aliphatic heterocycles. The lowest BCUT2D eigenvalue weighted by molar-refractivity contribution is 0.177. The molecule has 5 N–H and O–H groups in total. The molecular formula is C30H43ClN10. The van der Waals surface area contributed by atoms with Crippen molar-refractivity contribution in [3.8, 4) is 11.4 Å². The number of piperidine rings is 1. The minimum absolute atomic E-state index is 0.381. The molecule has 1 aromatic carbocycles. The standard InChI is InChI=1S/C30H43ClN10/c1-21(2)40-13-9-23(10-14-40)36-27-25(31)20-35-30-28(27)37-29(38-30)22-4-6-24(7-5-22)41-18-16-39(17-19-41)15-12-34-26(33-3)8-11-32/h4-8,11,20-21,23H,9-10,12-19,32H2,1-3H3,(H,33,34)(H2,35,36,37,38). The summed E-state index contributed by atoms with van der Waals surface area (Å²) in [6, 6.07) is 9.61. The normalized spacial score (nSPS) is 18.2. The summed E-state index contributed by atoms with van der Waals surface area (Å²) < 4.78 is 0. The summed E-state index contributed by atoms with van der Waals surface area (Å²) >= 11 is 6.63. The molecule has 11 heteroatoms. The number of hydrogen-bond donors (Lipinski definition) is 4. The Balaban J connectivity index is 1.19. The number of H-pyrrole nitrogens is 1. The number of aliphatic imine (C=N–C) groups is 1. The number of fused-ring (bicyclic) bond motifs is 1. The summed E-state index contributed by atoms with van der Waals surface area (Å²) in [7, 11) is 1.76. The van der Waals surface area contributed by atoms with Crippen molar-refractivity contribution in [3.05, 3.63) is 47.8 Å². The molecule has 2 aliphatic rings. The van der Waals surface area contributed by atoms with E-state index in [4.69, 9.17) is 22.3 Å². The maximum absolute atomic E-state index is 6.63. The molecule has 10 nitrogen and oxygen atoms in total. The molecule has 5 rings (SSSR count). The lowest BCUT2D eigenvalue weighted by atomic mass is 10.0. The molecule has 2 fully saturated rings. The number of aromatic nitrogens is 3. The predicted octanol–water partition coefficient (Wildman–Crippen LogP) is 3.78. The van der Waals surface area contributed by atoms with Gasteiger partial charge in [-0.1, -0.05) is 11.6 Å². The Morgan fingerprint density at radius 1 is 1.15 bits per heavy atom. The highest BCUT2D eigenvalue weighted by molar-refractivity contribution is 6.34. The summed E-state index contributed by atoms with van der Waals surface area (Å²) in [6.07, 6.45) is 7.17. The second kappa shape index (κ2) is 13.5. The number of nitrogens with two attached hydrogens (primary N) is 1. The number of halogens is 1. The molecule has 3 aromatic rings. The molecule has 220 valence electrons. The number of piperazine rings is 1. The number of rotatable bonds is 9. The van der Waals surface area contributed by atoms with Crippen LogP contribution in [0.1, 0.15) is 26.7 Å². The number of aromatic amines is 1. The predicted molar refractivity (Wildman–Crippen MR) is 171 cm³/mol. The van der Waals surface area contributed by atoms with Crippen molar-refractivity contribution in [2.75, 3.05) is 69.6 Å². The smallest absolute Gasteiger partial charge is 0.180 e. The zero-order valence-electron chi connectivity index (χ0n) is 24.4.